The van der Waals surface area contributed by atoms with Gasteiger partial charge in [-0.3, -0.25) is 9.59 Å². The van der Waals surface area contributed by atoms with Gasteiger partial charge in [-0.15, -0.1) is 0 Å². The molecule has 0 N–H and O–H groups in total. The van der Waals surface area contributed by atoms with Crippen molar-refractivity contribution in [2.45, 2.75) is 36.8 Å². The van der Waals surface area contributed by atoms with Crippen LogP contribution in [-0.4, -0.2) is 70.2 Å². The number of anilines is 2. The smallest absolute Gasteiger partial charge is 0.224 e. The van der Waals surface area contributed by atoms with E-state index in [0.29, 0.717) is 39.1 Å². The molecule has 4 rings (SSSR count). The second kappa shape index (κ2) is 9.66. The van der Waals surface area contributed by atoms with E-state index in [1.54, 1.807) is 42.0 Å². The Labute approximate surface area is 201 Å². The fraction of sp³-hybridized carbons (Fsp3) is 0.440. The first-order valence-electron chi connectivity index (χ1n) is 11.5. The molecule has 2 amide bonds. The molecule has 0 unspecified atom stereocenters. The predicted octanol–water partition coefficient (Wildman–Crippen LogP) is 2.51. The third kappa shape index (κ3) is 4.75. The molecule has 0 spiro atoms. The van der Waals surface area contributed by atoms with E-state index in [9.17, 15) is 18.0 Å². The molecule has 34 heavy (non-hydrogen) atoms. The maximum atomic E-state index is 13.2. The first-order valence-corrected chi connectivity index (χ1v) is 13.1. The Hall–Kier alpha value is -3.07. The first kappa shape index (κ1) is 24.1. The molecule has 2 heterocycles. The fourth-order valence-electron chi connectivity index (χ4n) is 4.61. The summed E-state index contributed by atoms with van der Waals surface area (Å²) in [5, 5.41) is -0.831. The number of piperazine rings is 1. The SMILES string of the molecule is COc1ccc(N2CCN(C(=O)C[C@H](C)S(=O)(=O)c3ccc4c(c3)CCN4C(C)=O)CC2)cc1. The number of hydrogen-bond acceptors (Lipinski definition) is 6. The van der Waals surface area contributed by atoms with Crippen LogP contribution in [0.15, 0.2) is 47.4 Å². The number of methoxy groups -OCH3 is 1. The van der Waals surface area contributed by atoms with Gasteiger partial charge in [0.15, 0.2) is 9.84 Å². The Morgan fingerprint density at radius 3 is 2.29 bits per heavy atom. The van der Waals surface area contributed by atoms with Gasteiger partial charge in [0, 0.05) is 57.4 Å². The summed E-state index contributed by atoms with van der Waals surface area (Å²) in [4.78, 5) is 30.5. The number of hydrogen-bond donors (Lipinski definition) is 0. The van der Waals surface area contributed by atoms with E-state index in [4.69, 9.17) is 4.74 Å². The zero-order valence-electron chi connectivity index (χ0n) is 19.9. The van der Waals surface area contributed by atoms with Gasteiger partial charge in [-0.25, -0.2) is 8.42 Å². The lowest BCUT2D eigenvalue weighted by atomic mass is 10.2. The maximum Gasteiger partial charge on any atom is 0.224 e. The highest BCUT2D eigenvalue weighted by Crippen LogP contribution is 2.32. The second-order valence-electron chi connectivity index (χ2n) is 8.84. The zero-order chi connectivity index (χ0) is 24.5. The third-order valence-electron chi connectivity index (χ3n) is 6.72. The van der Waals surface area contributed by atoms with Crippen molar-refractivity contribution in [1.29, 1.82) is 0 Å². The lowest BCUT2D eigenvalue weighted by molar-refractivity contribution is -0.131. The van der Waals surface area contributed by atoms with Crippen LogP contribution in [-0.2, 0) is 25.8 Å². The highest BCUT2D eigenvalue weighted by atomic mass is 32.2. The van der Waals surface area contributed by atoms with E-state index in [2.05, 4.69) is 4.90 Å². The zero-order valence-corrected chi connectivity index (χ0v) is 20.7. The summed E-state index contributed by atoms with van der Waals surface area (Å²) >= 11 is 0. The van der Waals surface area contributed by atoms with Crippen LogP contribution in [0, 0.1) is 0 Å². The van der Waals surface area contributed by atoms with Gasteiger partial charge in [0.05, 0.1) is 17.3 Å². The largest absolute Gasteiger partial charge is 0.497 e. The van der Waals surface area contributed by atoms with Crippen molar-refractivity contribution < 1.29 is 22.7 Å². The molecule has 1 fully saturated rings. The minimum atomic E-state index is -3.67. The summed E-state index contributed by atoms with van der Waals surface area (Å²) in [5.41, 5.74) is 2.69. The van der Waals surface area contributed by atoms with Crippen molar-refractivity contribution >= 4 is 33.0 Å². The first-order chi connectivity index (χ1) is 16.2. The molecular weight excluding hydrogens is 454 g/mol. The molecule has 8 nitrogen and oxygen atoms in total. The van der Waals surface area contributed by atoms with Crippen LogP contribution >= 0.6 is 0 Å². The topological polar surface area (TPSA) is 87.2 Å². The number of sulfone groups is 1. The number of benzene rings is 2. The number of nitrogens with zero attached hydrogens (tertiary/aromatic N) is 3. The van der Waals surface area contributed by atoms with Crippen molar-refractivity contribution in [1.82, 2.24) is 4.90 Å². The maximum absolute atomic E-state index is 13.2. The molecule has 2 aromatic rings. The molecule has 0 bridgehead atoms. The molecule has 1 saturated heterocycles. The minimum Gasteiger partial charge on any atom is -0.497 e. The summed E-state index contributed by atoms with van der Waals surface area (Å²) in [7, 11) is -2.03. The van der Waals surface area contributed by atoms with E-state index in [1.807, 2.05) is 24.3 Å². The molecule has 2 aliphatic heterocycles. The predicted molar refractivity (Wildman–Crippen MR) is 131 cm³/mol. The normalized spacial score (nSPS) is 16.9. The average Bonchev–Trinajstić information content (AvgIpc) is 3.28. The van der Waals surface area contributed by atoms with Gasteiger partial charge in [-0.2, -0.15) is 0 Å². The molecule has 9 heteroatoms. The molecule has 0 aromatic heterocycles. The number of fused-ring (bicyclic) bond motifs is 1. The number of carbonyl (C=O) groups is 2. The number of amides is 2. The van der Waals surface area contributed by atoms with Gasteiger partial charge in [-0.1, -0.05) is 0 Å². The molecule has 1 atom stereocenters. The molecule has 2 aliphatic rings. The van der Waals surface area contributed by atoms with Gasteiger partial charge >= 0.3 is 0 Å². The Morgan fingerprint density at radius 2 is 1.68 bits per heavy atom. The summed E-state index contributed by atoms with van der Waals surface area (Å²) in [6, 6.07) is 12.7. The van der Waals surface area contributed by atoms with Crippen LogP contribution in [0.4, 0.5) is 11.4 Å². The van der Waals surface area contributed by atoms with E-state index < -0.39 is 15.1 Å². The van der Waals surface area contributed by atoms with E-state index in [0.717, 1.165) is 22.7 Å². The Morgan fingerprint density at radius 1 is 1.00 bits per heavy atom. The molecule has 0 saturated carbocycles. The van der Waals surface area contributed by atoms with Crippen LogP contribution in [0.3, 0.4) is 0 Å². The van der Waals surface area contributed by atoms with Crippen molar-refractivity contribution in [3.05, 3.63) is 48.0 Å². The minimum absolute atomic E-state index is 0.0540. The highest BCUT2D eigenvalue weighted by molar-refractivity contribution is 7.92. The molecule has 0 radical (unpaired) electrons. The molecular formula is C25H31N3O5S. The third-order valence-corrected chi connectivity index (χ3v) is 8.85. The Bertz CT molecular complexity index is 1170. The van der Waals surface area contributed by atoms with Gasteiger partial charge in [0.2, 0.25) is 11.8 Å². The fourth-order valence-corrected chi connectivity index (χ4v) is 6.00. The molecule has 0 aliphatic carbocycles. The standard InChI is InChI=1S/C25H31N3O5S/c1-18(34(31,32)23-8-9-24-20(17-23)10-11-28(24)19(2)29)16-25(30)27-14-12-26(13-15-27)21-4-6-22(33-3)7-5-21/h4-9,17-18H,10-16H2,1-3H3/t18-/m0/s1. The molecule has 2 aromatic carbocycles. The highest BCUT2D eigenvalue weighted by Gasteiger charge is 2.31. The summed E-state index contributed by atoms with van der Waals surface area (Å²) in [6.07, 6.45) is 0.575. The number of rotatable bonds is 6. The quantitative estimate of drug-likeness (QED) is 0.625. The van der Waals surface area contributed by atoms with Crippen molar-refractivity contribution in [2.24, 2.45) is 0 Å². The summed E-state index contributed by atoms with van der Waals surface area (Å²) < 4.78 is 31.6. The van der Waals surface area contributed by atoms with E-state index >= 15 is 0 Å². The lowest BCUT2D eigenvalue weighted by Gasteiger charge is -2.36. The van der Waals surface area contributed by atoms with E-state index in [1.165, 1.54) is 6.92 Å². The van der Waals surface area contributed by atoms with Gasteiger partial charge in [0.25, 0.3) is 0 Å². The van der Waals surface area contributed by atoms with Crippen LogP contribution in [0.1, 0.15) is 25.8 Å². The van der Waals surface area contributed by atoms with Gasteiger partial charge in [0.1, 0.15) is 5.75 Å². The van der Waals surface area contributed by atoms with Crippen LogP contribution in [0.2, 0.25) is 0 Å². The Kier molecular flexibility index (Phi) is 6.84. The monoisotopic (exact) mass is 485 g/mol. The van der Waals surface area contributed by atoms with Gasteiger partial charge in [-0.05, 0) is 61.4 Å². The van der Waals surface area contributed by atoms with Crippen molar-refractivity contribution in [3.8, 4) is 5.75 Å². The van der Waals surface area contributed by atoms with Crippen LogP contribution in [0.5, 0.6) is 5.75 Å². The van der Waals surface area contributed by atoms with Gasteiger partial charge < -0.3 is 19.4 Å². The summed E-state index contributed by atoms with van der Waals surface area (Å²) in [6.45, 7) is 6.15. The lowest BCUT2D eigenvalue weighted by Crippen LogP contribution is -2.49. The van der Waals surface area contributed by atoms with Crippen molar-refractivity contribution in [2.75, 3.05) is 49.6 Å². The van der Waals surface area contributed by atoms with Crippen LogP contribution < -0.4 is 14.5 Å². The average molecular weight is 486 g/mol. The number of carbonyl (C=O) groups excluding carboxylic acids is 2. The van der Waals surface area contributed by atoms with E-state index in [-0.39, 0.29) is 23.1 Å². The Balaban J connectivity index is 1.36. The van der Waals surface area contributed by atoms with Crippen LogP contribution in [0.25, 0.3) is 0 Å². The molecule has 182 valence electrons. The van der Waals surface area contributed by atoms with Crippen molar-refractivity contribution in [3.63, 3.8) is 0 Å². The number of ether oxygens (including phenoxy) is 1. The second-order valence-corrected chi connectivity index (χ2v) is 11.2. The summed E-state index contributed by atoms with van der Waals surface area (Å²) in [5.74, 6) is 0.599.